The maximum atomic E-state index is 12.8. The summed E-state index contributed by atoms with van der Waals surface area (Å²) < 4.78 is 43.2. The second kappa shape index (κ2) is 5.89. The number of hydrogen-bond donors (Lipinski definition) is 1. The van der Waals surface area contributed by atoms with Crippen molar-refractivity contribution in [2.75, 3.05) is 13.1 Å². The van der Waals surface area contributed by atoms with E-state index in [1.165, 1.54) is 6.26 Å². The number of nitrogens with zero attached hydrogens (tertiary/aromatic N) is 3. The lowest BCUT2D eigenvalue weighted by Gasteiger charge is -2.31. The molecule has 2 fully saturated rings. The van der Waals surface area contributed by atoms with Crippen molar-refractivity contribution >= 4 is 5.91 Å². The highest BCUT2D eigenvalue weighted by atomic mass is 19.4. The van der Waals surface area contributed by atoms with Crippen LogP contribution in [0.15, 0.2) is 17.0 Å². The molecule has 1 N–H and O–H groups in total. The van der Waals surface area contributed by atoms with Gasteiger partial charge in [0.15, 0.2) is 0 Å². The van der Waals surface area contributed by atoms with Gasteiger partial charge in [0.2, 0.25) is 0 Å². The van der Waals surface area contributed by atoms with E-state index in [0.717, 1.165) is 19.0 Å². The van der Waals surface area contributed by atoms with Crippen molar-refractivity contribution in [1.29, 1.82) is 0 Å². The van der Waals surface area contributed by atoms with Gasteiger partial charge in [0.05, 0.1) is 11.9 Å². The first kappa shape index (κ1) is 16.2. The SMILES string of the molecule is O=C(c1conc1C1CC1)N1CCC[C@@H](c2ncc(C(F)(F)F)[nH]2)C1. The van der Waals surface area contributed by atoms with Crippen LogP contribution in [0.25, 0.3) is 0 Å². The molecule has 1 aliphatic carbocycles. The van der Waals surface area contributed by atoms with Crippen LogP contribution in [-0.4, -0.2) is 39.0 Å². The van der Waals surface area contributed by atoms with Crippen molar-refractivity contribution < 1.29 is 22.5 Å². The average Bonchev–Trinajstić information content (AvgIpc) is 3.12. The van der Waals surface area contributed by atoms with Crippen molar-refractivity contribution in [2.45, 2.75) is 43.7 Å². The second-order valence-corrected chi connectivity index (χ2v) is 6.66. The van der Waals surface area contributed by atoms with Crippen LogP contribution in [0.2, 0.25) is 0 Å². The molecule has 0 unspecified atom stereocenters. The molecule has 1 aliphatic heterocycles. The number of alkyl halides is 3. The van der Waals surface area contributed by atoms with Gasteiger partial charge in [-0.1, -0.05) is 5.16 Å². The Kier molecular flexibility index (Phi) is 3.81. The van der Waals surface area contributed by atoms with Crippen molar-refractivity contribution in [3.8, 4) is 0 Å². The molecule has 0 radical (unpaired) electrons. The average molecular weight is 354 g/mol. The van der Waals surface area contributed by atoms with Gasteiger partial charge in [0.25, 0.3) is 5.91 Å². The number of aromatic nitrogens is 3. The summed E-state index contributed by atoms with van der Waals surface area (Å²) in [5.74, 6) is 0.156. The number of hydrogen-bond acceptors (Lipinski definition) is 4. The van der Waals surface area contributed by atoms with E-state index in [1.54, 1.807) is 4.90 Å². The Hall–Kier alpha value is -2.32. The fraction of sp³-hybridized carbons (Fsp3) is 0.562. The van der Waals surface area contributed by atoms with E-state index in [4.69, 9.17) is 4.52 Å². The molecule has 0 aromatic carbocycles. The minimum absolute atomic E-state index is 0.171. The molecule has 0 bridgehead atoms. The summed E-state index contributed by atoms with van der Waals surface area (Å²) in [7, 11) is 0. The molecule has 2 aliphatic rings. The van der Waals surface area contributed by atoms with Gasteiger partial charge in [-0.15, -0.1) is 0 Å². The number of aromatic amines is 1. The lowest BCUT2D eigenvalue weighted by molar-refractivity contribution is -0.141. The monoisotopic (exact) mass is 354 g/mol. The number of likely N-dealkylation sites (tertiary alicyclic amines) is 1. The fourth-order valence-corrected chi connectivity index (χ4v) is 3.30. The Bertz CT molecular complexity index is 778. The van der Waals surface area contributed by atoms with Gasteiger partial charge in [-0.2, -0.15) is 13.2 Å². The molecule has 1 saturated carbocycles. The predicted molar refractivity (Wildman–Crippen MR) is 79.9 cm³/mol. The van der Waals surface area contributed by atoms with E-state index in [9.17, 15) is 18.0 Å². The van der Waals surface area contributed by atoms with E-state index >= 15 is 0 Å². The molecule has 6 nitrogen and oxygen atoms in total. The number of piperidine rings is 1. The summed E-state index contributed by atoms with van der Waals surface area (Å²) in [6.45, 7) is 0.899. The molecule has 3 heterocycles. The maximum absolute atomic E-state index is 12.8. The van der Waals surface area contributed by atoms with Crippen LogP contribution in [0.3, 0.4) is 0 Å². The molecule has 9 heteroatoms. The van der Waals surface area contributed by atoms with Gasteiger partial charge in [-0.3, -0.25) is 4.79 Å². The van der Waals surface area contributed by atoms with Crippen LogP contribution >= 0.6 is 0 Å². The van der Waals surface area contributed by atoms with Crippen LogP contribution in [0.4, 0.5) is 13.2 Å². The van der Waals surface area contributed by atoms with E-state index < -0.39 is 11.9 Å². The Morgan fingerprint density at radius 3 is 2.76 bits per heavy atom. The molecule has 134 valence electrons. The van der Waals surface area contributed by atoms with Crippen molar-refractivity contribution in [3.63, 3.8) is 0 Å². The number of rotatable bonds is 3. The van der Waals surface area contributed by atoms with Gasteiger partial charge in [0, 0.05) is 24.9 Å². The quantitative estimate of drug-likeness (QED) is 0.918. The Morgan fingerprint density at radius 1 is 1.28 bits per heavy atom. The lowest BCUT2D eigenvalue weighted by Crippen LogP contribution is -2.39. The summed E-state index contributed by atoms with van der Waals surface area (Å²) in [5, 5.41) is 3.94. The third kappa shape index (κ3) is 3.14. The summed E-state index contributed by atoms with van der Waals surface area (Å²) in [6, 6.07) is 0. The normalized spacial score (nSPS) is 21.6. The maximum Gasteiger partial charge on any atom is 0.432 e. The zero-order valence-electron chi connectivity index (χ0n) is 13.3. The highest BCUT2D eigenvalue weighted by molar-refractivity contribution is 5.95. The number of imidazole rings is 1. The number of halogens is 3. The van der Waals surface area contributed by atoms with Crippen LogP contribution in [0.5, 0.6) is 0 Å². The third-order valence-corrected chi connectivity index (χ3v) is 4.79. The molecule has 2 aromatic rings. The zero-order valence-corrected chi connectivity index (χ0v) is 13.3. The Labute approximate surface area is 141 Å². The van der Waals surface area contributed by atoms with Gasteiger partial charge in [-0.05, 0) is 25.7 Å². The number of carbonyl (C=O) groups is 1. The Balaban J connectivity index is 1.50. The number of H-pyrrole nitrogens is 1. The largest absolute Gasteiger partial charge is 0.432 e. The summed E-state index contributed by atoms with van der Waals surface area (Å²) in [5.41, 5.74) is 0.309. The molecule has 0 spiro atoms. The van der Waals surface area contributed by atoms with Gasteiger partial charge < -0.3 is 14.4 Å². The predicted octanol–water partition coefficient (Wildman–Crippen LogP) is 3.31. The molecular formula is C16H17F3N4O2. The standard InChI is InChI=1S/C16H17F3N4O2/c17-16(18,19)12-6-20-14(21-12)10-2-1-5-23(7-10)15(24)11-8-25-22-13(11)9-3-4-9/h6,8-10H,1-5,7H2,(H,20,21)/t10-/m1/s1. The first-order valence-corrected chi connectivity index (χ1v) is 8.29. The van der Waals surface area contributed by atoms with E-state index in [-0.39, 0.29) is 23.6 Å². The van der Waals surface area contributed by atoms with Crippen LogP contribution in [0.1, 0.15) is 65.1 Å². The summed E-state index contributed by atoms with van der Waals surface area (Å²) >= 11 is 0. The Morgan fingerprint density at radius 2 is 2.08 bits per heavy atom. The highest BCUT2D eigenvalue weighted by Gasteiger charge is 2.36. The smallest absolute Gasteiger partial charge is 0.364 e. The fourth-order valence-electron chi connectivity index (χ4n) is 3.30. The first-order valence-electron chi connectivity index (χ1n) is 8.29. The number of nitrogens with one attached hydrogen (secondary N) is 1. The minimum atomic E-state index is -4.45. The molecule has 2 aromatic heterocycles. The van der Waals surface area contributed by atoms with Gasteiger partial charge in [-0.25, -0.2) is 4.98 Å². The molecule has 1 amide bonds. The third-order valence-electron chi connectivity index (χ3n) is 4.79. The van der Waals surface area contributed by atoms with Crippen molar-refractivity contribution in [2.24, 2.45) is 0 Å². The molecular weight excluding hydrogens is 337 g/mol. The number of amides is 1. The summed E-state index contributed by atoms with van der Waals surface area (Å²) in [6.07, 6.45) is 1.13. The van der Waals surface area contributed by atoms with E-state index in [1.807, 2.05) is 0 Å². The first-order chi connectivity index (χ1) is 11.9. The van der Waals surface area contributed by atoms with Crippen LogP contribution < -0.4 is 0 Å². The van der Waals surface area contributed by atoms with Crippen molar-refractivity contribution in [3.05, 3.63) is 35.2 Å². The van der Waals surface area contributed by atoms with Gasteiger partial charge >= 0.3 is 6.18 Å². The van der Waals surface area contributed by atoms with Crippen LogP contribution in [-0.2, 0) is 6.18 Å². The number of carbonyl (C=O) groups excluding carboxylic acids is 1. The summed E-state index contributed by atoms with van der Waals surface area (Å²) in [4.78, 5) is 20.7. The minimum Gasteiger partial charge on any atom is -0.364 e. The zero-order chi connectivity index (χ0) is 17.6. The van der Waals surface area contributed by atoms with Crippen LogP contribution in [0, 0.1) is 0 Å². The van der Waals surface area contributed by atoms with E-state index in [0.29, 0.717) is 37.2 Å². The second-order valence-electron chi connectivity index (χ2n) is 6.66. The lowest BCUT2D eigenvalue weighted by atomic mass is 9.96. The molecule has 25 heavy (non-hydrogen) atoms. The highest BCUT2D eigenvalue weighted by Crippen LogP contribution is 2.41. The van der Waals surface area contributed by atoms with E-state index in [2.05, 4.69) is 15.1 Å². The van der Waals surface area contributed by atoms with Crippen molar-refractivity contribution in [1.82, 2.24) is 20.0 Å². The molecule has 1 atom stereocenters. The molecule has 1 saturated heterocycles. The molecule has 4 rings (SSSR count). The topological polar surface area (TPSA) is 75.0 Å². The van der Waals surface area contributed by atoms with Gasteiger partial charge in [0.1, 0.15) is 23.3 Å².